The lowest BCUT2D eigenvalue weighted by Crippen LogP contribution is -2.41. The second-order valence-electron chi connectivity index (χ2n) is 4.26. The van der Waals surface area contributed by atoms with E-state index < -0.39 is 5.97 Å². The van der Waals surface area contributed by atoms with Gasteiger partial charge in [0.1, 0.15) is 0 Å². The Labute approximate surface area is 75.5 Å². The molecule has 3 rings (SSSR count). The maximum absolute atomic E-state index is 11.6. The minimum atomic E-state index is -0.771. The van der Waals surface area contributed by atoms with Gasteiger partial charge in [-0.1, -0.05) is 0 Å². The van der Waals surface area contributed by atoms with Crippen molar-refractivity contribution < 1.29 is 14.7 Å². The van der Waals surface area contributed by atoms with Crippen molar-refractivity contribution in [3.8, 4) is 0 Å². The molecule has 3 aliphatic rings. The van der Waals surface area contributed by atoms with E-state index in [1.54, 1.807) is 0 Å². The Morgan fingerprint density at radius 2 is 2.31 bits per heavy atom. The van der Waals surface area contributed by atoms with E-state index >= 15 is 0 Å². The van der Waals surface area contributed by atoms with E-state index in [9.17, 15) is 9.59 Å². The van der Waals surface area contributed by atoms with Gasteiger partial charge in [0.25, 0.3) is 0 Å². The van der Waals surface area contributed by atoms with Crippen LogP contribution < -0.4 is 0 Å². The summed E-state index contributed by atoms with van der Waals surface area (Å²) in [4.78, 5) is 24.4. The van der Waals surface area contributed by atoms with E-state index in [1.165, 1.54) is 0 Å². The molecule has 0 spiro atoms. The van der Waals surface area contributed by atoms with Crippen molar-refractivity contribution in [1.29, 1.82) is 0 Å². The molecular formula is C9H11NO3. The second-order valence-corrected chi connectivity index (χ2v) is 4.26. The molecule has 13 heavy (non-hydrogen) atoms. The predicted molar refractivity (Wildman–Crippen MR) is 42.8 cm³/mol. The topological polar surface area (TPSA) is 57.6 Å². The van der Waals surface area contributed by atoms with Crippen molar-refractivity contribution >= 4 is 11.9 Å². The molecule has 3 fully saturated rings. The molecule has 4 atom stereocenters. The average molecular weight is 181 g/mol. The Bertz CT molecular complexity index is 301. The van der Waals surface area contributed by atoms with Crippen molar-refractivity contribution in [3.63, 3.8) is 0 Å². The Morgan fingerprint density at radius 3 is 3.00 bits per heavy atom. The van der Waals surface area contributed by atoms with Gasteiger partial charge in [0.05, 0.1) is 11.8 Å². The van der Waals surface area contributed by atoms with Crippen LogP contribution in [0.3, 0.4) is 0 Å². The zero-order chi connectivity index (χ0) is 9.16. The highest BCUT2D eigenvalue weighted by molar-refractivity contribution is 5.89. The number of amides is 1. The van der Waals surface area contributed by atoms with Gasteiger partial charge in [-0.15, -0.1) is 0 Å². The summed E-state index contributed by atoms with van der Waals surface area (Å²) < 4.78 is 0. The Kier molecular flexibility index (Phi) is 1.16. The van der Waals surface area contributed by atoms with E-state index in [1.807, 2.05) is 4.90 Å². The molecule has 1 saturated carbocycles. The van der Waals surface area contributed by atoms with Gasteiger partial charge in [-0.25, -0.2) is 0 Å². The third-order valence-electron chi connectivity index (χ3n) is 3.87. The molecule has 1 N–H and O–H groups in total. The van der Waals surface area contributed by atoms with Crippen LogP contribution in [-0.4, -0.2) is 34.5 Å². The predicted octanol–water partition coefficient (Wildman–Crippen LogP) is -0.0622. The number of carbonyl (C=O) groups excluding carboxylic acids is 1. The van der Waals surface area contributed by atoms with Crippen LogP contribution in [-0.2, 0) is 9.59 Å². The van der Waals surface area contributed by atoms with E-state index in [-0.39, 0.29) is 29.7 Å². The fourth-order valence-corrected chi connectivity index (χ4v) is 3.40. The number of rotatable bonds is 1. The first-order valence-electron chi connectivity index (χ1n) is 4.73. The number of carboxylic acid groups (broad SMARTS) is 1. The highest BCUT2D eigenvalue weighted by atomic mass is 16.4. The van der Waals surface area contributed by atoms with Crippen molar-refractivity contribution in [2.24, 2.45) is 17.8 Å². The number of piperidine rings is 1. The normalized spacial score (nSPS) is 46.2. The molecule has 70 valence electrons. The Balaban J connectivity index is 2.02. The monoisotopic (exact) mass is 181 g/mol. The molecule has 2 aliphatic heterocycles. The number of hydrogen-bond acceptors (Lipinski definition) is 2. The van der Waals surface area contributed by atoms with Gasteiger partial charge >= 0.3 is 5.97 Å². The van der Waals surface area contributed by atoms with E-state index in [4.69, 9.17) is 5.11 Å². The van der Waals surface area contributed by atoms with Gasteiger partial charge in [-0.2, -0.15) is 0 Å². The molecule has 0 aromatic rings. The van der Waals surface area contributed by atoms with Crippen LogP contribution in [0.1, 0.15) is 12.8 Å². The van der Waals surface area contributed by atoms with Crippen molar-refractivity contribution in [2.75, 3.05) is 6.54 Å². The molecule has 0 aromatic carbocycles. The highest BCUT2D eigenvalue weighted by Gasteiger charge is 2.61. The summed E-state index contributed by atoms with van der Waals surface area (Å²) in [5.41, 5.74) is 0. The van der Waals surface area contributed by atoms with Crippen LogP contribution in [0, 0.1) is 17.8 Å². The summed E-state index contributed by atoms with van der Waals surface area (Å²) in [6, 6.07) is 0.263. The Morgan fingerprint density at radius 1 is 1.54 bits per heavy atom. The summed E-state index contributed by atoms with van der Waals surface area (Å²) >= 11 is 0. The number of carbonyl (C=O) groups is 2. The SMILES string of the molecule is O=C(O)C1C2CC3C1CCN3C2=O. The molecule has 4 nitrogen and oxygen atoms in total. The fourth-order valence-electron chi connectivity index (χ4n) is 3.40. The first-order valence-corrected chi connectivity index (χ1v) is 4.73. The van der Waals surface area contributed by atoms with Crippen LogP contribution >= 0.6 is 0 Å². The van der Waals surface area contributed by atoms with Gasteiger partial charge < -0.3 is 10.0 Å². The van der Waals surface area contributed by atoms with Crippen LogP contribution in [0.15, 0.2) is 0 Å². The first-order chi connectivity index (χ1) is 6.20. The lowest BCUT2D eigenvalue weighted by atomic mass is 9.86. The van der Waals surface area contributed by atoms with Gasteiger partial charge in [-0.05, 0) is 18.8 Å². The second kappa shape index (κ2) is 2.05. The van der Waals surface area contributed by atoms with E-state index in [2.05, 4.69) is 0 Å². The minimum Gasteiger partial charge on any atom is -0.481 e. The van der Waals surface area contributed by atoms with Gasteiger partial charge in [0.15, 0.2) is 0 Å². The number of aliphatic carboxylic acids is 1. The summed E-state index contributed by atoms with van der Waals surface area (Å²) in [6.45, 7) is 0.786. The lowest BCUT2D eigenvalue weighted by molar-refractivity contribution is -0.151. The summed E-state index contributed by atoms with van der Waals surface area (Å²) in [5.74, 6) is -1.01. The molecule has 4 heteroatoms. The van der Waals surface area contributed by atoms with E-state index in [0.717, 1.165) is 19.4 Å². The third-order valence-corrected chi connectivity index (χ3v) is 3.87. The quantitative estimate of drug-likeness (QED) is 0.616. The molecule has 1 aliphatic carbocycles. The average Bonchev–Trinajstić information content (AvgIpc) is 2.61. The standard InChI is InChI=1S/C9H11NO3/c11-8-5-3-6-4(1-2-10(6)8)7(5)9(12)13/h4-7H,1-3H2,(H,12,13). The number of hydrogen-bond donors (Lipinski definition) is 1. The summed E-state index contributed by atoms with van der Waals surface area (Å²) in [5, 5.41) is 9.00. The van der Waals surface area contributed by atoms with Gasteiger partial charge in [-0.3, -0.25) is 9.59 Å². The first kappa shape index (κ1) is 7.35. The smallest absolute Gasteiger partial charge is 0.307 e. The van der Waals surface area contributed by atoms with Crippen molar-refractivity contribution in [1.82, 2.24) is 4.90 Å². The molecule has 4 unspecified atom stereocenters. The molecular weight excluding hydrogens is 170 g/mol. The summed E-state index contributed by atoms with van der Waals surface area (Å²) in [7, 11) is 0. The fraction of sp³-hybridized carbons (Fsp3) is 0.778. The molecule has 0 radical (unpaired) electrons. The van der Waals surface area contributed by atoms with Crippen LogP contribution in [0.2, 0.25) is 0 Å². The number of fused-ring (bicyclic) bond motifs is 1. The zero-order valence-corrected chi connectivity index (χ0v) is 7.14. The molecule has 2 bridgehead atoms. The van der Waals surface area contributed by atoms with Crippen molar-refractivity contribution in [2.45, 2.75) is 18.9 Å². The molecule has 2 saturated heterocycles. The number of carboxylic acids is 1. The van der Waals surface area contributed by atoms with Gasteiger partial charge in [0.2, 0.25) is 5.91 Å². The maximum Gasteiger partial charge on any atom is 0.307 e. The van der Waals surface area contributed by atoms with Crippen LogP contribution in [0.25, 0.3) is 0 Å². The summed E-state index contributed by atoms with van der Waals surface area (Å²) in [6.07, 6.45) is 1.68. The molecule has 0 aromatic heterocycles. The maximum atomic E-state index is 11.6. The number of nitrogens with zero attached hydrogens (tertiary/aromatic N) is 1. The van der Waals surface area contributed by atoms with Crippen LogP contribution in [0.4, 0.5) is 0 Å². The zero-order valence-electron chi connectivity index (χ0n) is 7.14. The third kappa shape index (κ3) is 0.677. The Hall–Kier alpha value is -1.06. The molecule has 1 amide bonds. The van der Waals surface area contributed by atoms with Gasteiger partial charge in [0, 0.05) is 12.6 Å². The lowest BCUT2D eigenvalue weighted by Gasteiger charge is -2.26. The largest absolute Gasteiger partial charge is 0.481 e. The molecule has 2 heterocycles. The van der Waals surface area contributed by atoms with E-state index in [0.29, 0.717) is 0 Å². The van der Waals surface area contributed by atoms with Crippen molar-refractivity contribution in [3.05, 3.63) is 0 Å². The van der Waals surface area contributed by atoms with Crippen LogP contribution in [0.5, 0.6) is 0 Å². The minimum absolute atomic E-state index is 0.0890. The highest BCUT2D eigenvalue weighted by Crippen LogP contribution is 2.52.